The monoisotopic (exact) mass is 427 g/mol. The Hall–Kier alpha value is -3.22. The number of nitro groups is 1. The Morgan fingerprint density at radius 2 is 1.76 bits per heavy atom. The summed E-state index contributed by atoms with van der Waals surface area (Å²) < 4.78 is 27.0. The van der Waals surface area contributed by atoms with Gasteiger partial charge >= 0.3 is 0 Å². The van der Waals surface area contributed by atoms with Gasteiger partial charge < -0.3 is 0 Å². The Morgan fingerprint density at radius 1 is 1.10 bits per heavy atom. The molecule has 9 heteroatoms. The molecule has 0 unspecified atom stereocenters. The van der Waals surface area contributed by atoms with Gasteiger partial charge in [-0.05, 0) is 48.1 Å². The molecule has 29 heavy (non-hydrogen) atoms. The molecule has 0 saturated heterocycles. The molecule has 0 fully saturated rings. The minimum atomic E-state index is -3.46. The van der Waals surface area contributed by atoms with E-state index >= 15 is 0 Å². The summed E-state index contributed by atoms with van der Waals surface area (Å²) >= 11 is 1.42. The van der Waals surface area contributed by atoms with Crippen LogP contribution in [-0.4, -0.2) is 18.6 Å². The molecular formula is C20H17N3O4S2. The van der Waals surface area contributed by atoms with Crippen LogP contribution in [0.5, 0.6) is 0 Å². The number of thiophene rings is 1. The first-order valence-electron chi connectivity index (χ1n) is 8.61. The topological polar surface area (TPSA) is 113 Å². The number of nitrogens with one attached hydrogen (secondary N) is 1. The lowest BCUT2D eigenvalue weighted by molar-refractivity contribution is -0.384. The molecule has 3 rings (SSSR count). The van der Waals surface area contributed by atoms with Crippen molar-refractivity contribution in [3.8, 4) is 27.6 Å². The van der Waals surface area contributed by atoms with Gasteiger partial charge in [0, 0.05) is 12.1 Å². The van der Waals surface area contributed by atoms with Crippen molar-refractivity contribution in [2.24, 2.45) is 0 Å². The lowest BCUT2D eigenvalue weighted by Crippen LogP contribution is -2.22. The second-order valence-electron chi connectivity index (χ2n) is 6.54. The van der Waals surface area contributed by atoms with Gasteiger partial charge in [0.2, 0.25) is 10.0 Å². The van der Waals surface area contributed by atoms with Gasteiger partial charge in [0.1, 0.15) is 6.07 Å². The summed E-state index contributed by atoms with van der Waals surface area (Å²) in [5.74, 6) is 0. The van der Waals surface area contributed by atoms with E-state index in [4.69, 9.17) is 0 Å². The maximum atomic E-state index is 12.2. The maximum Gasteiger partial charge on any atom is 0.270 e. The van der Waals surface area contributed by atoms with Gasteiger partial charge in [-0.15, -0.1) is 11.3 Å². The van der Waals surface area contributed by atoms with Gasteiger partial charge in [-0.2, -0.15) is 5.26 Å². The molecule has 1 heterocycles. The average Bonchev–Trinajstić information content (AvgIpc) is 3.14. The van der Waals surface area contributed by atoms with E-state index < -0.39 is 20.2 Å². The highest BCUT2D eigenvalue weighted by molar-refractivity contribution is 7.93. The standard InChI is InChI=1S/C20H17N3O4S2/c1-13(2)29(26,27)22-19-9-10-28-20(19)15-5-3-14(4-6-15)18-8-7-17(23(24)25)11-16(18)12-21/h3-11,13,22H,1-2H3. The van der Waals surface area contributed by atoms with Crippen molar-refractivity contribution in [3.05, 3.63) is 69.6 Å². The number of nitriles is 1. The number of non-ortho nitro benzene ring substituents is 1. The van der Waals surface area contributed by atoms with Crippen molar-refractivity contribution in [2.75, 3.05) is 4.72 Å². The Labute approximate surface area is 172 Å². The average molecular weight is 428 g/mol. The number of sulfonamides is 1. The molecule has 3 aromatic rings. The predicted molar refractivity (Wildman–Crippen MR) is 114 cm³/mol. The summed E-state index contributed by atoms with van der Waals surface area (Å²) in [5, 5.41) is 21.5. The molecule has 148 valence electrons. The molecule has 0 radical (unpaired) electrons. The van der Waals surface area contributed by atoms with Crippen molar-refractivity contribution in [2.45, 2.75) is 19.1 Å². The van der Waals surface area contributed by atoms with Crippen LogP contribution in [0.4, 0.5) is 11.4 Å². The highest BCUT2D eigenvalue weighted by Crippen LogP contribution is 2.36. The molecule has 1 N–H and O–H groups in total. The van der Waals surface area contributed by atoms with Crippen molar-refractivity contribution in [1.29, 1.82) is 5.26 Å². The van der Waals surface area contributed by atoms with Gasteiger partial charge in [0.05, 0.1) is 26.3 Å². The number of nitro benzene ring substituents is 1. The molecule has 0 saturated carbocycles. The lowest BCUT2D eigenvalue weighted by Gasteiger charge is -2.12. The number of benzene rings is 2. The zero-order chi connectivity index (χ0) is 21.2. The molecule has 0 aliphatic heterocycles. The van der Waals surface area contributed by atoms with Crippen molar-refractivity contribution in [1.82, 2.24) is 0 Å². The smallest absolute Gasteiger partial charge is 0.270 e. The summed E-state index contributed by atoms with van der Waals surface area (Å²) in [5.41, 5.74) is 2.75. The van der Waals surface area contributed by atoms with E-state index in [1.807, 2.05) is 23.6 Å². The number of rotatable bonds is 6. The minimum absolute atomic E-state index is 0.136. The third-order valence-electron chi connectivity index (χ3n) is 4.33. The zero-order valence-corrected chi connectivity index (χ0v) is 17.3. The second-order valence-corrected chi connectivity index (χ2v) is 9.69. The van der Waals surface area contributed by atoms with Gasteiger partial charge in [-0.25, -0.2) is 8.42 Å². The summed E-state index contributed by atoms with van der Waals surface area (Å²) in [6.45, 7) is 3.22. The van der Waals surface area contributed by atoms with Gasteiger partial charge in [0.15, 0.2) is 0 Å². The van der Waals surface area contributed by atoms with Crippen molar-refractivity contribution < 1.29 is 13.3 Å². The third kappa shape index (κ3) is 4.29. The van der Waals surface area contributed by atoms with E-state index in [1.165, 1.54) is 23.5 Å². The SMILES string of the molecule is CC(C)S(=O)(=O)Nc1ccsc1-c1ccc(-c2ccc([N+](=O)[O-])cc2C#N)cc1. The highest BCUT2D eigenvalue weighted by atomic mass is 32.2. The summed E-state index contributed by atoms with van der Waals surface area (Å²) in [7, 11) is -3.46. The number of hydrogen-bond acceptors (Lipinski definition) is 6. The van der Waals surface area contributed by atoms with Crippen molar-refractivity contribution in [3.63, 3.8) is 0 Å². The van der Waals surface area contributed by atoms with Crippen LogP contribution in [0.15, 0.2) is 53.9 Å². The fourth-order valence-electron chi connectivity index (χ4n) is 2.68. The number of hydrogen-bond donors (Lipinski definition) is 1. The maximum absolute atomic E-state index is 12.2. The summed E-state index contributed by atoms with van der Waals surface area (Å²) in [6, 6.07) is 15.2. The predicted octanol–water partition coefficient (Wildman–Crippen LogP) is 5.01. The van der Waals surface area contributed by atoms with Crippen LogP contribution in [0.3, 0.4) is 0 Å². The number of anilines is 1. The first-order chi connectivity index (χ1) is 13.7. The Kier molecular flexibility index (Phi) is 5.68. The van der Waals surface area contributed by atoms with E-state index in [0.29, 0.717) is 11.3 Å². The lowest BCUT2D eigenvalue weighted by atomic mass is 9.98. The van der Waals surface area contributed by atoms with Crippen LogP contribution in [0.2, 0.25) is 0 Å². The van der Waals surface area contributed by atoms with E-state index in [2.05, 4.69) is 4.72 Å². The molecule has 0 bridgehead atoms. The highest BCUT2D eigenvalue weighted by Gasteiger charge is 2.19. The molecule has 0 amide bonds. The number of nitrogens with zero attached hydrogens (tertiary/aromatic N) is 2. The van der Waals surface area contributed by atoms with Gasteiger partial charge in [-0.1, -0.05) is 24.3 Å². The van der Waals surface area contributed by atoms with E-state index in [9.17, 15) is 23.8 Å². The van der Waals surface area contributed by atoms with Gasteiger partial charge in [-0.3, -0.25) is 14.8 Å². The van der Waals surface area contributed by atoms with Gasteiger partial charge in [0.25, 0.3) is 5.69 Å². The fourth-order valence-corrected chi connectivity index (χ4v) is 4.31. The molecule has 1 aromatic heterocycles. The Bertz CT molecular complexity index is 1210. The van der Waals surface area contributed by atoms with Crippen LogP contribution < -0.4 is 4.72 Å². The van der Waals surface area contributed by atoms with Crippen LogP contribution in [0.25, 0.3) is 21.6 Å². The van der Waals surface area contributed by atoms with Crippen LogP contribution >= 0.6 is 11.3 Å². The molecule has 0 spiro atoms. The summed E-state index contributed by atoms with van der Waals surface area (Å²) in [6.07, 6.45) is 0. The van der Waals surface area contributed by atoms with Crippen LogP contribution in [-0.2, 0) is 10.0 Å². The molecular weight excluding hydrogens is 410 g/mol. The Morgan fingerprint density at radius 3 is 2.34 bits per heavy atom. The first kappa shape index (κ1) is 20.5. The minimum Gasteiger partial charge on any atom is -0.282 e. The van der Waals surface area contributed by atoms with E-state index in [0.717, 1.165) is 16.0 Å². The quantitative estimate of drug-likeness (QED) is 0.439. The van der Waals surface area contributed by atoms with E-state index in [-0.39, 0.29) is 11.3 Å². The van der Waals surface area contributed by atoms with Crippen LogP contribution in [0, 0.1) is 21.4 Å². The van der Waals surface area contributed by atoms with Crippen molar-refractivity contribution >= 4 is 32.7 Å². The first-order valence-corrected chi connectivity index (χ1v) is 11.0. The zero-order valence-electron chi connectivity index (χ0n) is 15.6. The molecule has 0 aliphatic rings. The largest absolute Gasteiger partial charge is 0.282 e. The van der Waals surface area contributed by atoms with E-state index in [1.54, 1.807) is 38.1 Å². The molecule has 2 aromatic carbocycles. The molecule has 0 atom stereocenters. The normalized spacial score (nSPS) is 11.2. The Balaban J connectivity index is 1.95. The third-order valence-corrected chi connectivity index (χ3v) is 7.04. The summed E-state index contributed by atoms with van der Waals surface area (Å²) in [4.78, 5) is 11.2. The van der Waals surface area contributed by atoms with Crippen LogP contribution in [0.1, 0.15) is 19.4 Å². The fraction of sp³-hybridized carbons (Fsp3) is 0.150. The molecule has 0 aliphatic carbocycles. The molecule has 7 nitrogen and oxygen atoms in total. The second kappa shape index (κ2) is 8.03.